The summed E-state index contributed by atoms with van der Waals surface area (Å²) >= 11 is 0. The number of aliphatic hydroxyl groups excluding tert-OH is 1. The van der Waals surface area contributed by atoms with Crippen LogP contribution in [0.15, 0.2) is 48.5 Å². The van der Waals surface area contributed by atoms with Gasteiger partial charge in [-0.1, -0.05) is 56.7 Å². The standard InChI is InChI=1S/C28H34BN3O10/c1-16(2)13-21(29-40-23(35)15-28(42-29,27(38)41-29)14-22(34)39-4)31-26(37)24(17(3)33)32-25(36)20-12-8-11-19(30-20)18-9-6-5-7-10-18/h5-12,16-17,21,24,33,41H,13-15H2,1-4H3,(H,31,37)(H,32,36)/t17-,21+,24+,28+,29?/m1/s1. The maximum atomic E-state index is 13.5. The molecule has 13 nitrogen and oxygen atoms in total. The van der Waals surface area contributed by atoms with Gasteiger partial charge >= 0.3 is 18.7 Å². The molecule has 2 saturated heterocycles. The summed E-state index contributed by atoms with van der Waals surface area (Å²) in [6.45, 7) is 1.86. The molecule has 2 bridgehead atoms. The van der Waals surface area contributed by atoms with Crippen LogP contribution in [-0.4, -0.2) is 82.0 Å². The van der Waals surface area contributed by atoms with Crippen molar-refractivity contribution in [2.24, 2.45) is 5.92 Å². The molecule has 4 N–H and O–H groups in total. The monoisotopic (exact) mass is 583 g/mol. The van der Waals surface area contributed by atoms with Crippen LogP contribution in [0.3, 0.4) is 0 Å². The lowest BCUT2D eigenvalue weighted by molar-refractivity contribution is -0.163. The number of hydrogen-bond donors (Lipinski definition) is 3. The van der Waals surface area contributed by atoms with E-state index in [-0.39, 0.29) is 18.0 Å². The largest absolute Gasteiger partial charge is 0.715 e. The number of carbonyl (C=O) groups is 5. The number of amides is 2. The highest BCUT2D eigenvalue weighted by Crippen LogP contribution is 2.41. The predicted molar refractivity (Wildman–Crippen MR) is 148 cm³/mol. The van der Waals surface area contributed by atoms with Crippen LogP contribution in [-0.2, 0) is 33.2 Å². The van der Waals surface area contributed by atoms with Crippen molar-refractivity contribution in [3.8, 4) is 11.3 Å². The maximum absolute atomic E-state index is 13.5. The number of aliphatic carboxylic acids is 1. The summed E-state index contributed by atoms with van der Waals surface area (Å²) < 4.78 is 20.1. The highest BCUT2D eigenvalue weighted by molar-refractivity contribution is 6.67. The van der Waals surface area contributed by atoms with E-state index in [0.29, 0.717) is 5.69 Å². The van der Waals surface area contributed by atoms with Crippen molar-refractivity contribution in [1.82, 2.24) is 15.6 Å². The fraction of sp³-hybridized carbons (Fsp3) is 0.429. The van der Waals surface area contributed by atoms with Gasteiger partial charge in [-0.3, -0.25) is 19.2 Å². The molecule has 5 atom stereocenters. The van der Waals surface area contributed by atoms with E-state index >= 15 is 0 Å². The molecular weight excluding hydrogens is 549 g/mol. The van der Waals surface area contributed by atoms with Crippen LogP contribution in [0, 0.1) is 5.92 Å². The van der Waals surface area contributed by atoms with Crippen molar-refractivity contribution in [2.75, 3.05) is 7.11 Å². The number of methoxy groups -OCH3 is 1. The molecule has 0 aliphatic carbocycles. The Bertz CT molecular complexity index is 1370. The van der Waals surface area contributed by atoms with Crippen molar-refractivity contribution < 1.29 is 47.8 Å². The van der Waals surface area contributed by atoms with Crippen LogP contribution >= 0.6 is 0 Å². The number of hydrogen-bond acceptors (Lipinski definition) is 10. The third kappa shape index (κ3) is 6.44. The maximum Gasteiger partial charge on any atom is 0.594 e. The minimum atomic E-state index is -3.11. The van der Waals surface area contributed by atoms with Crippen LogP contribution in [0.1, 0.15) is 50.5 Å². The molecule has 0 radical (unpaired) electrons. The lowest BCUT2D eigenvalue weighted by Gasteiger charge is -2.43. The normalized spacial score (nSPS) is 23.3. The Kier molecular flexibility index (Phi) is 8.97. The van der Waals surface area contributed by atoms with Gasteiger partial charge in [-0.15, -0.1) is 0 Å². The van der Waals surface area contributed by atoms with E-state index in [1.165, 1.54) is 13.0 Å². The summed E-state index contributed by atoms with van der Waals surface area (Å²) in [6.07, 6.45) is -2.32. The highest BCUT2D eigenvalue weighted by Gasteiger charge is 2.70. The number of nitrogens with zero attached hydrogens (tertiary/aromatic N) is 1. The van der Waals surface area contributed by atoms with Gasteiger partial charge in [0.05, 0.1) is 31.7 Å². The molecule has 42 heavy (non-hydrogen) atoms. The molecule has 2 aliphatic rings. The molecule has 1 aromatic heterocycles. The number of carboxylic acids is 1. The molecule has 2 amide bonds. The summed E-state index contributed by atoms with van der Waals surface area (Å²) in [5.41, 5.74) is -0.560. The Morgan fingerprint density at radius 2 is 1.81 bits per heavy atom. The number of aromatic nitrogens is 1. The van der Waals surface area contributed by atoms with E-state index < -0.39 is 73.0 Å². The molecule has 2 aliphatic heterocycles. The molecule has 224 valence electrons. The Morgan fingerprint density at radius 1 is 1.10 bits per heavy atom. The fourth-order valence-corrected chi connectivity index (χ4v) is 5.12. The first kappa shape index (κ1) is 30.7. The first-order chi connectivity index (χ1) is 19.9. The van der Waals surface area contributed by atoms with E-state index in [1.54, 1.807) is 12.1 Å². The Balaban J connectivity index is 1.56. The summed E-state index contributed by atoms with van der Waals surface area (Å²) in [4.78, 5) is 68.7. The summed E-state index contributed by atoms with van der Waals surface area (Å²) in [5, 5.41) is 15.6. The van der Waals surface area contributed by atoms with Gasteiger partial charge in [0, 0.05) is 16.3 Å². The number of carbonyl (C=O) groups excluding carboxylic acids is 4. The zero-order valence-electron chi connectivity index (χ0n) is 23.7. The number of fused-ring (bicyclic) bond motifs is 2. The van der Waals surface area contributed by atoms with Gasteiger partial charge in [-0.25, -0.2) is 4.98 Å². The molecule has 0 spiro atoms. The van der Waals surface area contributed by atoms with Gasteiger partial charge < -0.3 is 34.4 Å². The zero-order chi connectivity index (χ0) is 30.7. The number of benzene rings is 1. The first-order valence-electron chi connectivity index (χ1n) is 13.6. The highest BCUT2D eigenvalue weighted by atomic mass is 16.8. The second kappa shape index (κ2) is 12.3. The molecule has 2 aromatic rings. The van der Waals surface area contributed by atoms with Crippen molar-refractivity contribution in [1.29, 1.82) is 0 Å². The number of ether oxygens (including phenoxy) is 1. The predicted octanol–water partition coefficient (Wildman–Crippen LogP) is 0.570. The SMILES string of the molecule is COC(=O)C[C@@]12CC(=O)O[B-]([C@H](CC(C)C)NC(=O)[C@@H](NC(=O)c3cccc(-c4ccccc4)n3)[C@@H](C)O)(O1)[OH+]C2=O. The molecule has 14 heteroatoms. The second-order valence-electron chi connectivity index (χ2n) is 10.9. The van der Waals surface area contributed by atoms with E-state index in [1.807, 2.05) is 44.2 Å². The molecule has 2 fully saturated rings. The number of aliphatic hydroxyl groups is 1. The van der Waals surface area contributed by atoms with Gasteiger partial charge in [0.15, 0.2) is 0 Å². The molecule has 1 unspecified atom stereocenters. The summed E-state index contributed by atoms with van der Waals surface area (Å²) in [5.74, 6) is -5.29. The van der Waals surface area contributed by atoms with Gasteiger partial charge in [-0.05, 0) is 25.0 Å². The van der Waals surface area contributed by atoms with Gasteiger partial charge in [0.2, 0.25) is 11.5 Å². The third-order valence-corrected chi connectivity index (χ3v) is 7.13. The van der Waals surface area contributed by atoms with Crippen LogP contribution in [0.4, 0.5) is 0 Å². The smallest absolute Gasteiger partial charge is 0.594 e. The molecule has 4 rings (SSSR count). The zero-order valence-corrected chi connectivity index (χ0v) is 23.7. The molecule has 3 heterocycles. The number of rotatable bonds is 11. The van der Waals surface area contributed by atoms with E-state index in [4.69, 9.17) is 9.31 Å². The summed E-state index contributed by atoms with van der Waals surface area (Å²) in [6, 6.07) is 12.6. The van der Waals surface area contributed by atoms with Crippen LogP contribution < -0.4 is 10.6 Å². The average molecular weight is 583 g/mol. The van der Waals surface area contributed by atoms with Crippen molar-refractivity contribution >= 4 is 36.5 Å². The molecular formula is C28H34BN3O10. The fourth-order valence-electron chi connectivity index (χ4n) is 5.12. The van der Waals surface area contributed by atoms with E-state index in [2.05, 4.69) is 25.0 Å². The van der Waals surface area contributed by atoms with E-state index in [9.17, 15) is 29.1 Å². The van der Waals surface area contributed by atoms with Gasteiger partial charge in [0.1, 0.15) is 11.7 Å². The molecule has 0 saturated carbocycles. The number of pyridine rings is 1. The van der Waals surface area contributed by atoms with Gasteiger partial charge in [-0.2, -0.15) is 0 Å². The minimum Gasteiger partial charge on any atom is -0.715 e. The quantitative estimate of drug-likeness (QED) is 0.192. The van der Waals surface area contributed by atoms with Crippen molar-refractivity contribution in [3.05, 3.63) is 54.2 Å². The Labute approximate surface area is 242 Å². The first-order valence-corrected chi connectivity index (χ1v) is 13.6. The van der Waals surface area contributed by atoms with E-state index in [0.717, 1.165) is 12.7 Å². The van der Waals surface area contributed by atoms with Gasteiger partial charge in [0.25, 0.3) is 11.9 Å². The lowest BCUT2D eigenvalue weighted by atomic mass is 9.64. The minimum absolute atomic E-state index is 0.0184. The number of esters is 1. The summed E-state index contributed by atoms with van der Waals surface area (Å²) in [7, 11) is 1.13. The van der Waals surface area contributed by atoms with Crippen molar-refractivity contribution in [3.63, 3.8) is 0 Å². The second-order valence-corrected chi connectivity index (χ2v) is 10.9. The average Bonchev–Trinajstić information content (AvgIpc) is 3.15. The van der Waals surface area contributed by atoms with Crippen LogP contribution in [0.2, 0.25) is 0 Å². The molecule has 1 aromatic carbocycles. The number of nitrogens with one attached hydrogen (secondary N) is 2. The topological polar surface area (TPSA) is 183 Å². The van der Waals surface area contributed by atoms with Crippen LogP contribution in [0.5, 0.6) is 0 Å². The Morgan fingerprint density at radius 3 is 2.45 bits per heavy atom. The third-order valence-electron chi connectivity index (χ3n) is 7.13. The lowest BCUT2D eigenvalue weighted by Crippen LogP contribution is -2.67. The van der Waals surface area contributed by atoms with Crippen molar-refractivity contribution in [2.45, 2.75) is 63.7 Å². The Hall–Kier alpha value is -4.30. The van der Waals surface area contributed by atoms with Crippen LogP contribution in [0.25, 0.3) is 11.3 Å².